The van der Waals surface area contributed by atoms with E-state index in [4.69, 9.17) is 5.14 Å². The zero-order valence-electron chi connectivity index (χ0n) is 8.94. The van der Waals surface area contributed by atoms with Gasteiger partial charge in [-0.2, -0.15) is 0 Å². The van der Waals surface area contributed by atoms with Crippen LogP contribution in [-0.4, -0.2) is 13.2 Å². The molecule has 0 aliphatic rings. The Balaban J connectivity index is 3.20. The highest BCUT2D eigenvalue weighted by atomic mass is 79.9. The minimum absolute atomic E-state index is 0.0467. The molecular formula is C10H13BrFNO2S. The van der Waals surface area contributed by atoms with Gasteiger partial charge in [0.25, 0.3) is 0 Å². The zero-order chi connectivity index (χ0) is 12.5. The lowest BCUT2D eigenvalue weighted by Crippen LogP contribution is -2.14. The van der Waals surface area contributed by atoms with Crippen LogP contribution in [-0.2, 0) is 10.0 Å². The first-order chi connectivity index (χ1) is 7.23. The Morgan fingerprint density at radius 3 is 2.31 bits per heavy atom. The highest BCUT2D eigenvalue weighted by molar-refractivity contribution is 9.09. The van der Waals surface area contributed by atoms with Crippen molar-refractivity contribution in [2.24, 2.45) is 5.14 Å². The quantitative estimate of drug-likeness (QED) is 0.871. The lowest BCUT2D eigenvalue weighted by Gasteiger charge is -2.15. The van der Waals surface area contributed by atoms with Crippen LogP contribution in [0.4, 0.5) is 4.39 Å². The third-order valence-corrected chi connectivity index (χ3v) is 4.18. The molecule has 16 heavy (non-hydrogen) atoms. The summed E-state index contributed by atoms with van der Waals surface area (Å²) in [5.74, 6) is -0.597. The van der Waals surface area contributed by atoms with E-state index >= 15 is 0 Å². The van der Waals surface area contributed by atoms with Crippen molar-refractivity contribution in [3.8, 4) is 0 Å². The highest BCUT2D eigenvalue weighted by Gasteiger charge is 2.18. The van der Waals surface area contributed by atoms with Crippen LogP contribution in [0.3, 0.4) is 0 Å². The molecule has 1 rings (SSSR count). The van der Waals surface area contributed by atoms with Crippen LogP contribution in [0, 0.1) is 5.82 Å². The summed E-state index contributed by atoms with van der Waals surface area (Å²) in [6, 6.07) is 3.73. The van der Waals surface area contributed by atoms with Gasteiger partial charge >= 0.3 is 0 Å². The second-order valence-corrected chi connectivity index (χ2v) is 6.70. The number of benzene rings is 1. The summed E-state index contributed by atoms with van der Waals surface area (Å²) in [6.45, 7) is 3.76. The van der Waals surface area contributed by atoms with Crippen LogP contribution in [0.1, 0.15) is 25.3 Å². The molecule has 0 spiro atoms. The van der Waals surface area contributed by atoms with Gasteiger partial charge < -0.3 is 0 Å². The number of halogens is 2. The molecule has 1 aromatic rings. The summed E-state index contributed by atoms with van der Waals surface area (Å²) < 4.78 is 35.7. The molecule has 2 N–H and O–H groups in total. The molecule has 0 aromatic heterocycles. The number of hydrogen-bond donors (Lipinski definition) is 1. The monoisotopic (exact) mass is 309 g/mol. The van der Waals surface area contributed by atoms with E-state index in [2.05, 4.69) is 15.9 Å². The zero-order valence-corrected chi connectivity index (χ0v) is 11.3. The van der Waals surface area contributed by atoms with Crippen LogP contribution in [0.2, 0.25) is 0 Å². The number of primary sulfonamides is 1. The molecule has 2 atom stereocenters. The van der Waals surface area contributed by atoms with E-state index < -0.39 is 15.8 Å². The fourth-order valence-electron chi connectivity index (χ4n) is 1.30. The lowest BCUT2D eigenvalue weighted by molar-refractivity contribution is 0.576. The first kappa shape index (κ1) is 13.6. The number of nitrogens with two attached hydrogens (primary N) is 1. The van der Waals surface area contributed by atoms with Gasteiger partial charge in [0.2, 0.25) is 10.0 Å². The van der Waals surface area contributed by atoms with Crippen LogP contribution < -0.4 is 5.14 Å². The van der Waals surface area contributed by atoms with Gasteiger partial charge in [-0.3, -0.25) is 0 Å². The Kier molecular flexibility index (Phi) is 4.09. The van der Waals surface area contributed by atoms with Crippen molar-refractivity contribution in [3.63, 3.8) is 0 Å². The largest absolute Gasteiger partial charge is 0.238 e. The van der Waals surface area contributed by atoms with Gasteiger partial charge in [-0.05, 0) is 23.6 Å². The summed E-state index contributed by atoms with van der Waals surface area (Å²) in [6.07, 6.45) is 0. The molecule has 0 aliphatic carbocycles. The molecule has 0 heterocycles. The average molecular weight is 310 g/mol. The summed E-state index contributed by atoms with van der Waals surface area (Å²) in [5, 5.41) is 4.91. The van der Waals surface area contributed by atoms with E-state index in [1.807, 2.05) is 13.8 Å². The van der Waals surface area contributed by atoms with E-state index in [-0.39, 0.29) is 15.6 Å². The Hall–Kier alpha value is -0.460. The minimum atomic E-state index is -3.84. The maximum absolute atomic E-state index is 13.7. The van der Waals surface area contributed by atoms with Crippen molar-refractivity contribution in [2.45, 2.75) is 29.5 Å². The fourth-order valence-corrected chi connectivity index (χ4v) is 2.11. The third kappa shape index (κ3) is 3.02. The molecule has 0 saturated carbocycles. The Morgan fingerprint density at radius 2 is 1.94 bits per heavy atom. The number of rotatable bonds is 3. The van der Waals surface area contributed by atoms with Gasteiger partial charge in [-0.15, -0.1) is 0 Å². The van der Waals surface area contributed by atoms with Crippen molar-refractivity contribution < 1.29 is 12.8 Å². The second-order valence-electron chi connectivity index (χ2n) is 3.69. The van der Waals surface area contributed by atoms with E-state index in [1.54, 1.807) is 0 Å². The maximum Gasteiger partial charge on any atom is 0.238 e. The average Bonchev–Trinajstić information content (AvgIpc) is 2.15. The Labute approximate surface area is 103 Å². The molecule has 0 saturated heterocycles. The summed E-state index contributed by atoms with van der Waals surface area (Å²) in [4.78, 5) is -0.106. The molecule has 2 unspecified atom stereocenters. The van der Waals surface area contributed by atoms with Crippen molar-refractivity contribution in [1.82, 2.24) is 0 Å². The summed E-state index contributed by atoms with van der Waals surface area (Å²) in [7, 11) is -3.84. The minimum Gasteiger partial charge on any atom is -0.225 e. The molecule has 0 radical (unpaired) electrons. The van der Waals surface area contributed by atoms with Gasteiger partial charge in [0.05, 0.1) is 4.90 Å². The lowest BCUT2D eigenvalue weighted by atomic mass is 9.98. The number of sulfonamides is 1. The van der Waals surface area contributed by atoms with E-state index in [0.29, 0.717) is 5.56 Å². The van der Waals surface area contributed by atoms with Gasteiger partial charge in [-0.25, -0.2) is 17.9 Å². The normalized spacial score (nSPS) is 15.8. The molecule has 0 fully saturated rings. The predicted octanol–water partition coefficient (Wildman–Crippen LogP) is 2.36. The Bertz CT molecular complexity index is 488. The first-order valence-electron chi connectivity index (χ1n) is 4.70. The van der Waals surface area contributed by atoms with Crippen LogP contribution in [0.5, 0.6) is 0 Å². The topological polar surface area (TPSA) is 60.2 Å². The standard InChI is InChI=1S/C10H13BrFNO2S/c1-6(7(2)11)9-4-3-8(5-10(9)12)16(13,14)15/h3-7H,1-2H3,(H2,13,14,15). The fraction of sp³-hybridized carbons (Fsp3) is 0.400. The van der Waals surface area contributed by atoms with Crippen molar-refractivity contribution >= 4 is 26.0 Å². The van der Waals surface area contributed by atoms with E-state index in [9.17, 15) is 12.8 Å². The molecule has 0 aliphatic heterocycles. The van der Waals surface area contributed by atoms with E-state index in [1.165, 1.54) is 12.1 Å². The first-order valence-corrected chi connectivity index (χ1v) is 7.16. The van der Waals surface area contributed by atoms with Crippen molar-refractivity contribution in [2.75, 3.05) is 0 Å². The molecular weight excluding hydrogens is 297 g/mol. The van der Waals surface area contributed by atoms with Gasteiger partial charge in [0.1, 0.15) is 5.82 Å². The smallest absolute Gasteiger partial charge is 0.225 e. The van der Waals surface area contributed by atoms with E-state index in [0.717, 1.165) is 6.07 Å². The molecule has 0 bridgehead atoms. The van der Waals surface area contributed by atoms with Gasteiger partial charge in [0, 0.05) is 4.83 Å². The second kappa shape index (κ2) is 4.81. The van der Waals surface area contributed by atoms with Crippen molar-refractivity contribution in [3.05, 3.63) is 29.6 Å². The van der Waals surface area contributed by atoms with Crippen LogP contribution in [0.15, 0.2) is 23.1 Å². The molecule has 6 heteroatoms. The van der Waals surface area contributed by atoms with Crippen LogP contribution in [0.25, 0.3) is 0 Å². The highest BCUT2D eigenvalue weighted by Crippen LogP contribution is 2.27. The molecule has 90 valence electrons. The van der Waals surface area contributed by atoms with Crippen LogP contribution >= 0.6 is 15.9 Å². The maximum atomic E-state index is 13.7. The third-order valence-electron chi connectivity index (χ3n) is 2.48. The van der Waals surface area contributed by atoms with Gasteiger partial charge in [0.15, 0.2) is 0 Å². The summed E-state index contributed by atoms with van der Waals surface area (Å²) in [5.41, 5.74) is 0.469. The Morgan fingerprint density at radius 1 is 1.38 bits per heavy atom. The number of alkyl halides is 1. The summed E-state index contributed by atoms with van der Waals surface area (Å²) >= 11 is 3.36. The molecule has 0 amide bonds. The van der Waals surface area contributed by atoms with Crippen molar-refractivity contribution in [1.29, 1.82) is 0 Å². The SMILES string of the molecule is CC(Br)C(C)c1ccc(S(N)(=O)=O)cc1F. The predicted molar refractivity (Wildman–Crippen MR) is 64.6 cm³/mol. The molecule has 3 nitrogen and oxygen atoms in total. The molecule has 1 aromatic carbocycles. The van der Waals surface area contributed by atoms with Gasteiger partial charge in [-0.1, -0.05) is 35.8 Å². The number of hydrogen-bond acceptors (Lipinski definition) is 2.